The predicted octanol–water partition coefficient (Wildman–Crippen LogP) is 3.12. The van der Waals surface area contributed by atoms with Gasteiger partial charge >= 0.3 is 0 Å². The van der Waals surface area contributed by atoms with Gasteiger partial charge in [-0.05, 0) is 36.4 Å². The van der Waals surface area contributed by atoms with Crippen molar-refractivity contribution in [3.63, 3.8) is 0 Å². The second-order valence-corrected chi connectivity index (χ2v) is 4.93. The first-order valence-corrected chi connectivity index (χ1v) is 7.12. The molecule has 108 valence electrons. The van der Waals surface area contributed by atoms with Crippen molar-refractivity contribution in [2.75, 3.05) is 13.7 Å². The van der Waals surface area contributed by atoms with Crippen molar-refractivity contribution in [2.45, 2.75) is 13.5 Å². The molecule has 4 heteroatoms. The Morgan fingerprint density at radius 1 is 1.24 bits per heavy atom. The van der Waals surface area contributed by atoms with Gasteiger partial charge in [0.15, 0.2) is 0 Å². The molecule has 4 nitrogen and oxygen atoms in total. The van der Waals surface area contributed by atoms with Gasteiger partial charge < -0.3 is 14.5 Å². The molecule has 0 aliphatic carbocycles. The fraction of sp³-hybridized carbons (Fsp3) is 0.235. The number of rotatable bonds is 5. The first-order valence-electron chi connectivity index (χ1n) is 7.12. The number of aromatic nitrogens is 2. The first kappa shape index (κ1) is 13.6. The van der Waals surface area contributed by atoms with Crippen molar-refractivity contribution in [1.29, 1.82) is 0 Å². The van der Waals surface area contributed by atoms with E-state index in [4.69, 9.17) is 4.74 Å². The third-order valence-corrected chi connectivity index (χ3v) is 3.54. The Balaban J connectivity index is 2.05. The van der Waals surface area contributed by atoms with Crippen molar-refractivity contribution in [3.8, 4) is 16.9 Å². The number of pyridine rings is 1. The molecule has 2 heterocycles. The van der Waals surface area contributed by atoms with E-state index in [0.717, 1.165) is 35.6 Å². The standard InChI is InChI=1S/C17H19N3O/c1-3-18-11-13-4-6-16(21-2)15(10-13)14-5-7-17-19-8-9-20(17)12-14/h4-10,12,18H,3,11H2,1-2H3. The van der Waals surface area contributed by atoms with Crippen LogP contribution in [0.3, 0.4) is 0 Å². The highest BCUT2D eigenvalue weighted by atomic mass is 16.5. The molecular formula is C17H19N3O. The summed E-state index contributed by atoms with van der Waals surface area (Å²) >= 11 is 0. The molecule has 0 bridgehead atoms. The van der Waals surface area contributed by atoms with Crippen LogP contribution in [0.5, 0.6) is 5.75 Å². The van der Waals surface area contributed by atoms with Crippen molar-refractivity contribution in [3.05, 3.63) is 54.5 Å². The number of imidazole rings is 1. The van der Waals surface area contributed by atoms with E-state index in [2.05, 4.69) is 41.6 Å². The Kier molecular flexibility index (Phi) is 3.88. The largest absolute Gasteiger partial charge is 0.496 e. The Morgan fingerprint density at radius 2 is 2.14 bits per heavy atom. The van der Waals surface area contributed by atoms with Crippen LogP contribution in [0.15, 0.2) is 48.9 Å². The van der Waals surface area contributed by atoms with Crippen molar-refractivity contribution < 1.29 is 4.74 Å². The fourth-order valence-electron chi connectivity index (χ4n) is 2.44. The molecule has 0 aliphatic heterocycles. The highest BCUT2D eigenvalue weighted by Crippen LogP contribution is 2.31. The van der Waals surface area contributed by atoms with Crippen LogP contribution >= 0.6 is 0 Å². The zero-order chi connectivity index (χ0) is 14.7. The van der Waals surface area contributed by atoms with Gasteiger partial charge in [-0.1, -0.05) is 13.0 Å². The SMILES string of the molecule is CCNCc1ccc(OC)c(-c2ccc3nccn3c2)c1. The lowest BCUT2D eigenvalue weighted by Crippen LogP contribution is -2.11. The number of ether oxygens (including phenoxy) is 1. The molecule has 0 fully saturated rings. The maximum absolute atomic E-state index is 5.51. The van der Waals surface area contributed by atoms with Crippen LogP contribution in [-0.2, 0) is 6.54 Å². The molecule has 0 spiro atoms. The normalized spacial score (nSPS) is 11.0. The molecule has 0 atom stereocenters. The minimum Gasteiger partial charge on any atom is -0.496 e. The summed E-state index contributed by atoms with van der Waals surface area (Å²) < 4.78 is 7.53. The van der Waals surface area contributed by atoms with E-state index in [-0.39, 0.29) is 0 Å². The van der Waals surface area contributed by atoms with E-state index in [1.165, 1.54) is 5.56 Å². The van der Waals surface area contributed by atoms with Gasteiger partial charge in [0.25, 0.3) is 0 Å². The monoisotopic (exact) mass is 281 g/mol. The number of nitrogens with zero attached hydrogens (tertiary/aromatic N) is 2. The van der Waals surface area contributed by atoms with Crippen molar-refractivity contribution >= 4 is 5.65 Å². The molecule has 2 aromatic heterocycles. The van der Waals surface area contributed by atoms with Crippen LogP contribution in [0.4, 0.5) is 0 Å². The second kappa shape index (κ2) is 5.97. The van der Waals surface area contributed by atoms with Gasteiger partial charge in [0.1, 0.15) is 11.4 Å². The van der Waals surface area contributed by atoms with E-state index in [0.29, 0.717) is 0 Å². The van der Waals surface area contributed by atoms with Gasteiger partial charge in [-0.2, -0.15) is 0 Å². The summed E-state index contributed by atoms with van der Waals surface area (Å²) in [5.41, 5.74) is 4.42. The molecule has 1 N–H and O–H groups in total. The Bertz CT molecular complexity index is 749. The van der Waals surface area contributed by atoms with Gasteiger partial charge in [0.05, 0.1) is 7.11 Å². The summed E-state index contributed by atoms with van der Waals surface area (Å²) in [5, 5.41) is 3.35. The molecule has 0 saturated heterocycles. The third kappa shape index (κ3) is 2.76. The summed E-state index contributed by atoms with van der Waals surface area (Å²) in [6, 6.07) is 10.4. The molecule has 0 saturated carbocycles. The van der Waals surface area contributed by atoms with Gasteiger partial charge in [0.2, 0.25) is 0 Å². The molecule has 0 radical (unpaired) electrons. The van der Waals surface area contributed by atoms with Crippen molar-refractivity contribution in [1.82, 2.24) is 14.7 Å². The highest BCUT2D eigenvalue weighted by Gasteiger charge is 2.08. The van der Waals surface area contributed by atoms with E-state index >= 15 is 0 Å². The summed E-state index contributed by atoms with van der Waals surface area (Å²) in [7, 11) is 1.71. The van der Waals surface area contributed by atoms with Crippen LogP contribution in [0.1, 0.15) is 12.5 Å². The van der Waals surface area contributed by atoms with Crippen LogP contribution in [0.2, 0.25) is 0 Å². The summed E-state index contributed by atoms with van der Waals surface area (Å²) in [6.07, 6.45) is 5.84. The lowest BCUT2D eigenvalue weighted by molar-refractivity contribution is 0.416. The molecule has 0 amide bonds. The van der Waals surface area contributed by atoms with E-state index in [1.54, 1.807) is 13.3 Å². The van der Waals surface area contributed by atoms with Crippen LogP contribution < -0.4 is 10.1 Å². The molecule has 21 heavy (non-hydrogen) atoms. The average molecular weight is 281 g/mol. The quantitative estimate of drug-likeness (QED) is 0.781. The topological polar surface area (TPSA) is 38.6 Å². The zero-order valence-electron chi connectivity index (χ0n) is 12.3. The number of benzene rings is 1. The van der Waals surface area contributed by atoms with Gasteiger partial charge in [-0.25, -0.2) is 4.98 Å². The minimum atomic E-state index is 0.862. The maximum Gasteiger partial charge on any atom is 0.136 e. The zero-order valence-corrected chi connectivity index (χ0v) is 12.3. The average Bonchev–Trinajstić information content (AvgIpc) is 3.00. The molecule has 0 unspecified atom stereocenters. The van der Waals surface area contributed by atoms with Crippen LogP contribution in [0, 0.1) is 0 Å². The number of methoxy groups -OCH3 is 1. The molecule has 0 aliphatic rings. The molecule has 3 rings (SSSR count). The molecular weight excluding hydrogens is 262 g/mol. The Morgan fingerprint density at radius 3 is 2.95 bits per heavy atom. The predicted molar refractivity (Wildman–Crippen MR) is 84.6 cm³/mol. The van der Waals surface area contributed by atoms with Gasteiger partial charge in [0, 0.05) is 36.3 Å². The first-order chi connectivity index (χ1) is 10.3. The third-order valence-electron chi connectivity index (χ3n) is 3.54. The van der Waals surface area contributed by atoms with Gasteiger partial charge in [-0.15, -0.1) is 0 Å². The minimum absolute atomic E-state index is 0.862. The molecule has 3 aromatic rings. The number of nitrogens with one attached hydrogen (secondary N) is 1. The lowest BCUT2D eigenvalue weighted by atomic mass is 10.0. The molecule has 1 aromatic carbocycles. The van der Waals surface area contributed by atoms with Crippen molar-refractivity contribution in [2.24, 2.45) is 0 Å². The number of hydrogen-bond acceptors (Lipinski definition) is 3. The Hall–Kier alpha value is -2.33. The Labute approximate surface area is 124 Å². The summed E-state index contributed by atoms with van der Waals surface area (Å²) in [6.45, 7) is 3.93. The van der Waals surface area contributed by atoms with E-state index in [1.807, 2.05) is 22.7 Å². The maximum atomic E-state index is 5.51. The van der Waals surface area contributed by atoms with Crippen LogP contribution in [0.25, 0.3) is 16.8 Å². The number of hydrogen-bond donors (Lipinski definition) is 1. The fourth-order valence-corrected chi connectivity index (χ4v) is 2.44. The van der Waals surface area contributed by atoms with Crippen LogP contribution in [-0.4, -0.2) is 23.0 Å². The highest BCUT2D eigenvalue weighted by molar-refractivity contribution is 5.71. The number of fused-ring (bicyclic) bond motifs is 1. The van der Waals surface area contributed by atoms with E-state index < -0.39 is 0 Å². The van der Waals surface area contributed by atoms with Gasteiger partial charge in [-0.3, -0.25) is 0 Å². The summed E-state index contributed by atoms with van der Waals surface area (Å²) in [4.78, 5) is 4.28. The lowest BCUT2D eigenvalue weighted by Gasteiger charge is -2.12. The second-order valence-electron chi connectivity index (χ2n) is 4.93. The summed E-state index contributed by atoms with van der Waals surface area (Å²) in [5.74, 6) is 0.884. The smallest absolute Gasteiger partial charge is 0.136 e. The van der Waals surface area contributed by atoms with E-state index in [9.17, 15) is 0 Å².